The molecule has 3 aromatic carbocycles. The van der Waals surface area contributed by atoms with Crippen LogP contribution in [0.25, 0.3) is 10.9 Å². The van der Waals surface area contributed by atoms with Gasteiger partial charge in [0.05, 0.1) is 30.5 Å². The highest BCUT2D eigenvalue weighted by molar-refractivity contribution is 6.48. The molecule has 3 heterocycles. The number of hydrazone groups is 1. The monoisotopic (exact) mass is 795 g/mol. The number of methoxy groups -OCH3 is 1. The number of carbonyl (C=O) groups excluding carboxylic acids is 3. The first-order valence-electron chi connectivity index (χ1n) is 17.8. The molecule has 57 heavy (non-hydrogen) atoms. The molecule has 2 aliphatic heterocycles. The minimum atomic E-state index is -4.75. The van der Waals surface area contributed by atoms with Gasteiger partial charge in [0.25, 0.3) is 11.8 Å². The highest BCUT2D eigenvalue weighted by Gasteiger charge is 2.45. The van der Waals surface area contributed by atoms with E-state index in [0.29, 0.717) is 35.1 Å². The van der Waals surface area contributed by atoms with Crippen LogP contribution in [-0.4, -0.2) is 116 Å². The van der Waals surface area contributed by atoms with Gasteiger partial charge in [-0.05, 0) is 63.0 Å². The number of ether oxygens (including phenoxy) is 3. The Kier molecular flexibility index (Phi) is 12.1. The maximum Gasteiger partial charge on any atom is 0.416 e. The number of nitrogens with one attached hydrogen (secondary N) is 1. The van der Waals surface area contributed by atoms with E-state index in [2.05, 4.69) is 32.2 Å². The first kappa shape index (κ1) is 40.6. The molecule has 1 aromatic heterocycles. The van der Waals surface area contributed by atoms with Crippen molar-refractivity contribution in [2.45, 2.75) is 24.8 Å². The van der Waals surface area contributed by atoms with Gasteiger partial charge in [0.15, 0.2) is 34.9 Å². The lowest BCUT2D eigenvalue weighted by molar-refractivity contribution is -0.137. The molecule has 2 atom stereocenters. The predicted molar refractivity (Wildman–Crippen MR) is 203 cm³/mol. The van der Waals surface area contributed by atoms with E-state index in [1.807, 2.05) is 0 Å². The van der Waals surface area contributed by atoms with Crippen LogP contribution in [0.15, 0.2) is 72.0 Å². The van der Waals surface area contributed by atoms with Crippen LogP contribution in [0.2, 0.25) is 0 Å². The Balaban J connectivity index is 1.19. The number of piperazine rings is 1. The maximum absolute atomic E-state index is 15.6. The summed E-state index contributed by atoms with van der Waals surface area (Å²) in [6, 6.07) is 10.6. The summed E-state index contributed by atoms with van der Waals surface area (Å²) < 4.78 is 73.8. The Bertz CT molecular complexity index is 2180. The van der Waals surface area contributed by atoms with E-state index in [9.17, 15) is 27.6 Å². The summed E-state index contributed by atoms with van der Waals surface area (Å²) in [6.07, 6.45) is -4.05. The van der Waals surface area contributed by atoms with Crippen LogP contribution in [0.4, 0.5) is 28.9 Å². The number of carbonyl (C=O) groups is 3. The number of likely N-dealkylation sites (N-methyl/N-ethyl adjacent to an activating group) is 2. The van der Waals surface area contributed by atoms with Gasteiger partial charge in [0.1, 0.15) is 11.8 Å². The summed E-state index contributed by atoms with van der Waals surface area (Å²) in [6.45, 7) is 5.47. The molecular formula is C38H41F4N9O6. The number of nitrogens with zero attached hydrogens (tertiary/aromatic N) is 6. The van der Waals surface area contributed by atoms with Gasteiger partial charge < -0.3 is 40.8 Å². The zero-order valence-electron chi connectivity index (χ0n) is 31.3. The van der Waals surface area contributed by atoms with Gasteiger partial charge in [-0.25, -0.2) is 9.40 Å². The van der Waals surface area contributed by atoms with Crippen LogP contribution in [-0.2, 0) is 20.6 Å². The van der Waals surface area contributed by atoms with Crippen molar-refractivity contribution in [2.75, 3.05) is 70.9 Å². The second-order valence-corrected chi connectivity index (χ2v) is 13.5. The molecule has 4 aromatic rings. The molecule has 19 heteroatoms. The van der Waals surface area contributed by atoms with Gasteiger partial charge in [-0.15, -0.1) is 0 Å². The van der Waals surface area contributed by atoms with Crippen LogP contribution in [0, 0.1) is 5.82 Å². The largest absolute Gasteiger partial charge is 0.493 e. The van der Waals surface area contributed by atoms with E-state index in [-0.39, 0.29) is 22.9 Å². The number of amides is 3. The van der Waals surface area contributed by atoms with Crippen LogP contribution >= 0.6 is 0 Å². The molecule has 0 radical (unpaired) electrons. The molecule has 0 aliphatic carbocycles. The standard InChI is InChI=1S/C38H41F4N9O6/c1-48-13-15-50(16-14-48)12-5-17-56-31-21-27-25(20-30(31)55-3)28(10-11-45-27)57-29-9-8-23(19-26(29)39)46-36(54)32-33(34(43)52)49(2)37(35(44)53)51(47-32)24-7-4-6-22(18-24)38(40,41)42/h4,6-11,18-21,33,37H,5,12-17H2,1-3H3,(H2,43,52)(H2,44,53)(H,46,54). The molecule has 6 rings (SSSR count). The number of halogens is 4. The van der Waals surface area contributed by atoms with E-state index < -0.39 is 53.2 Å². The van der Waals surface area contributed by atoms with Gasteiger partial charge in [0.2, 0.25) is 5.91 Å². The quantitative estimate of drug-likeness (QED) is 0.133. The van der Waals surface area contributed by atoms with E-state index in [1.165, 1.54) is 38.6 Å². The molecular weight excluding hydrogens is 754 g/mol. The molecule has 5 N–H and O–H groups in total. The number of primary amides is 2. The molecule has 0 saturated carbocycles. The predicted octanol–water partition coefficient (Wildman–Crippen LogP) is 3.62. The highest BCUT2D eigenvalue weighted by Crippen LogP contribution is 2.38. The van der Waals surface area contributed by atoms with Gasteiger partial charge in [-0.2, -0.15) is 18.3 Å². The minimum Gasteiger partial charge on any atom is -0.493 e. The van der Waals surface area contributed by atoms with Crippen molar-refractivity contribution in [1.29, 1.82) is 0 Å². The lowest BCUT2D eigenvalue weighted by atomic mass is 10.1. The third-order valence-electron chi connectivity index (χ3n) is 9.56. The Morgan fingerprint density at radius 1 is 0.912 bits per heavy atom. The fourth-order valence-corrected chi connectivity index (χ4v) is 6.59. The minimum absolute atomic E-state index is 0.100. The number of aromatic nitrogens is 1. The summed E-state index contributed by atoms with van der Waals surface area (Å²) in [7, 11) is 4.84. The SMILES string of the molecule is COc1cc2c(Oc3ccc(NC(=O)C4=NN(c5cccc(C(F)(F)F)c5)C(C(N)=O)N(C)C4C(N)=O)cc3F)ccnc2cc1OCCCN1CCN(C)CC1. The number of anilines is 2. The second-order valence-electron chi connectivity index (χ2n) is 13.5. The van der Waals surface area contributed by atoms with Crippen LogP contribution in [0.1, 0.15) is 12.0 Å². The van der Waals surface area contributed by atoms with Gasteiger partial charge in [0, 0.05) is 62.1 Å². The summed E-state index contributed by atoms with van der Waals surface area (Å²) in [5.41, 5.74) is 9.63. The number of alkyl halides is 3. The number of fused-ring (bicyclic) bond motifs is 1. The summed E-state index contributed by atoms with van der Waals surface area (Å²) in [5.74, 6) is -3.21. The van der Waals surface area contributed by atoms with Crippen molar-refractivity contribution in [3.05, 3.63) is 78.2 Å². The van der Waals surface area contributed by atoms with Crippen molar-refractivity contribution >= 4 is 45.7 Å². The van der Waals surface area contributed by atoms with Gasteiger partial charge in [-0.3, -0.25) is 24.3 Å². The summed E-state index contributed by atoms with van der Waals surface area (Å²) in [4.78, 5) is 48.8. The van der Waals surface area contributed by atoms with Crippen LogP contribution in [0.3, 0.4) is 0 Å². The van der Waals surface area contributed by atoms with Crippen molar-refractivity contribution < 1.29 is 46.2 Å². The molecule has 0 bridgehead atoms. The molecule has 3 amide bonds. The molecule has 15 nitrogen and oxygen atoms in total. The Hall–Kier alpha value is -6.05. The lowest BCUT2D eigenvalue weighted by Crippen LogP contribution is -2.66. The third kappa shape index (κ3) is 9.16. The summed E-state index contributed by atoms with van der Waals surface area (Å²) >= 11 is 0. The van der Waals surface area contributed by atoms with Crippen LogP contribution < -0.4 is 36.0 Å². The first-order chi connectivity index (χ1) is 27.1. The number of nitrogens with two attached hydrogens (primary N) is 2. The van der Waals surface area contributed by atoms with E-state index in [4.69, 9.17) is 25.7 Å². The first-order valence-corrected chi connectivity index (χ1v) is 17.8. The summed E-state index contributed by atoms with van der Waals surface area (Å²) in [5, 5.41) is 7.81. The van der Waals surface area contributed by atoms with Crippen molar-refractivity contribution in [2.24, 2.45) is 16.6 Å². The molecule has 0 spiro atoms. The average molecular weight is 796 g/mol. The van der Waals surface area contributed by atoms with E-state index >= 15 is 4.39 Å². The highest BCUT2D eigenvalue weighted by atomic mass is 19.4. The smallest absolute Gasteiger partial charge is 0.416 e. The Morgan fingerprint density at radius 2 is 1.67 bits per heavy atom. The number of pyridine rings is 1. The molecule has 2 unspecified atom stereocenters. The zero-order valence-corrected chi connectivity index (χ0v) is 31.3. The normalized spacial score (nSPS) is 18.2. The fraction of sp³-hybridized carbons (Fsp3) is 0.342. The molecule has 1 saturated heterocycles. The Morgan fingerprint density at radius 3 is 2.33 bits per heavy atom. The zero-order chi connectivity index (χ0) is 41.0. The molecule has 2 aliphatic rings. The second kappa shape index (κ2) is 17.0. The van der Waals surface area contributed by atoms with E-state index in [1.54, 1.807) is 18.2 Å². The fourth-order valence-electron chi connectivity index (χ4n) is 6.59. The third-order valence-corrected chi connectivity index (χ3v) is 9.56. The number of benzene rings is 3. The van der Waals surface area contributed by atoms with Crippen molar-refractivity contribution in [3.8, 4) is 23.0 Å². The Labute approximate surface area is 324 Å². The van der Waals surface area contributed by atoms with Gasteiger partial charge >= 0.3 is 6.18 Å². The molecule has 302 valence electrons. The van der Waals surface area contributed by atoms with Crippen molar-refractivity contribution in [1.82, 2.24) is 19.7 Å². The molecule has 1 fully saturated rings. The van der Waals surface area contributed by atoms with Crippen LogP contribution in [0.5, 0.6) is 23.0 Å². The van der Waals surface area contributed by atoms with Gasteiger partial charge in [-0.1, -0.05) is 6.07 Å². The topological polar surface area (TPSA) is 181 Å². The maximum atomic E-state index is 15.6. The van der Waals surface area contributed by atoms with E-state index in [0.717, 1.165) is 67.3 Å². The number of hydrogen-bond donors (Lipinski definition) is 3. The lowest BCUT2D eigenvalue weighted by Gasteiger charge is -2.41. The number of hydrogen-bond acceptors (Lipinski definition) is 12. The average Bonchev–Trinajstić information content (AvgIpc) is 3.17. The van der Waals surface area contributed by atoms with Crippen molar-refractivity contribution in [3.63, 3.8) is 0 Å². The number of rotatable bonds is 13.